The molecule has 0 atom stereocenters. The Morgan fingerprint density at radius 3 is 2.57 bits per heavy atom. The Kier molecular flexibility index (Phi) is 2.76. The lowest BCUT2D eigenvalue weighted by atomic mass is 10.6. The van der Waals surface area contributed by atoms with Crippen LogP contribution in [-0.4, -0.2) is 0 Å². The minimum absolute atomic E-state index is 0.0818. The van der Waals surface area contributed by atoms with Crippen molar-refractivity contribution >= 4 is 11.6 Å². The monoisotopic (exact) mass is 112 g/mol. The molecule has 0 aromatic rings. The highest BCUT2D eigenvalue weighted by molar-refractivity contribution is 6.26. The molecule has 0 spiro atoms. The standard InChI is InChI=1S/C4HClN2/c1-7-4(2-5)3-6/h2H/b4-2+. The van der Waals surface area contributed by atoms with Crippen LogP contribution in [0.5, 0.6) is 0 Å². The van der Waals surface area contributed by atoms with Gasteiger partial charge in [-0.2, -0.15) is 0 Å². The number of halogens is 1. The predicted octanol–water partition coefficient (Wildman–Crippen LogP) is 1.51. The van der Waals surface area contributed by atoms with Gasteiger partial charge in [0.2, 0.25) is 0 Å². The summed E-state index contributed by atoms with van der Waals surface area (Å²) >= 11 is 4.97. The Bertz CT molecular complexity index is 142. The summed E-state index contributed by atoms with van der Waals surface area (Å²) in [5, 5.41) is 7.91. The van der Waals surface area contributed by atoms with Crippen molar-refractivity contribution in [2.24, 2.45) is 0 Å². The second-order valence-corrected chi connectivity index (χ2v) is 0.936. The molecule has 0 heterocycles. The molecule has 0 saturated carbocycles. The van der Waals surface area contributed by atoms with Crippen molar-refractivity contribution in [2.75, 3.05) is 0 Å². The SMILES string of the molecule is [C-]#[N+]/C(C#N)=C/Cl. The van der Waals surface area contributed by atoms with Gasteiger partial charge in [0.1, 0.15) is 0 Å². The smallest absolute Gasteiger partial charge is 0.226 e. The number of rotatable bonds is 0. The molecule has 0 unspecified atom stereocenters. The topological polar surface area (TPSA) is 28.1 Å². The van der Waals surface area contributed by atoms with Crippen molar-refractivity contribution < 1.29 is 0 Å². The van der Waals surface area contributed by atoms with E-state index in [-0.39, 0.29) is 5.70 Å². The average Bonchev–Trinajstić information content (AvgIpc) is 1.72. The van der Waals surface area contributed by atoms with E-state index in [0.717, 1.165) is 5.54 Å². The van der Waals surface area contributed by atoms with E-state index in [4.69, 9.17) is 23.4 Å². The van der Waals surface area contributed by atoms with Crippen molar-refractivity contribution in [3.8, 4) is 6.07 Å². The molecule has 0 N–H and O–H groups in total. The zero-order valence-corrected chi connectivity index (χ0v) is 4.11. The van der Waals surface area contributed by atoms with E-state index in [9.17, 15) is 0 Å². The number of hydrogen-bond acceptors (Lipinski definition) is 1. The van der Waals surface area contributed by atoms with Crippen LogP contribution in [0.4, 0.5) is 0 Å². The maximum atomic E-state index is 7.91. The minimum Gasteiger partial charge on any atom is -0.226 e. The molecule has 0 fully saturated rings. The van der Waals surface area contributed by atoms with Crippen LogP contribution in [0.3, 0.4) is 0 Å². The lowest BCUT2D eigenvalue weighted by Gasteiger charge is -1.66. The van der Waals surface area contributed by atoms with Crippen LogP contribution in [0.15, 0.2) is 11.2 Å². The summed E-state index contributed by atoms with van der Waals surface area (Å²) in [5.74, 6) is 0. The molecule has 34 valence electrons. The van der Waals surface area contributed by atoms with Gasteiger partial charge in [-0.25, -0.2) is 10.1 Å². The second-order valence-electron chi connectivity index (χ2n) is 0.718. The van der Waals surface area contributed by atoms with Crippen LogP contribution in [-0.2, 0) is 0 Å². The molecule has 7 heavy (non-hydrogen) atoms. The normalized spacial score (nSPS) is 9.29. The molecule has 0 aliphatic heterocycles. The van der Waals surface area contributed by atoms with Gasteiger partial charge in [-0.15, -0.1) is 11.6 Å². The van der Waals surface area contributed by atoms with Crippen LogP contribution in [0, 0.1) is 17.9 Å². The first-order valence-electron chi connectivity index (χ1n) is 1.43. The Labute approximate surface area is 46.4 Å². The zero-order chi connectivity index (χ0) is 5.70. The van der Waals surface area contributed by atoms with E-state index in [1.807, 2.05) is 0 Å². The highest BCUT2D eigenvalue weighted by atomic mass is 35.5. The minimum atomic E-state index is -0.0818. The van der Waals surface area contributed by atoms with Crippen LogP contribution in [0.2, 0.25) is 0 Å². The van der Waals surface area contributed by atoms with Crippen LogP contribution >= 0.6 is 11.6 Å². The van der Waals surface area contributed by atoms with E-state index in [2.05, 4.69) is 4.85 Å². The lowest BCUT2D eigenvalue weighted by Crippen LogP contribution is -1.57. The molecule has 0 saturated heterocycles. The van der Waals surface area contributed by atoms with E-state index < -0.39 is 0 Å². The zero-order valence-electron chi connectivity index (χ0n) is 3.35. The van der Waals surface area contributed by atoms with E-state index in [1.54, 1.807) is 6.07 Å². The predicted molar refractivity (Wildman–Crippen MR) is 26.2 cm³/mol. The summed E-state index contributed by atoms with van der Waals surface area (Å²) in [6.07, 6.45) is 0. The highest BCUT2D eigenvalue weighted by Gasteiger charge is 1.83. The van der Waals surface area contributed by atoms with Gasteiger partial charge in [-0.1, -0.05) is 0 Å². The molecule has 0 aliphatic rings. The quantitative estimate of drug-likeness (QED) is 0.345. The Hall–Kier alpha value is -0.990. The fourth-order valence-electron chi connectivity index (χ4n) is 0.0738. The van der Waals surface area contributed by atoms with E-state index >= 15 is 0 Å². The van der Waals surface area contributed by atoms with Crippen molar-refractivity contribution in [1.29, 1.82) is 5.26 Å². The van der Waals surface area contributed by atoms with Crippen molar-refractivity contribution in [2.45, 2.75) is 0 Å². The van der Waals surface area contributed by atoms with E-state index in [0.29, 0.717) is 0 Å². The molecule has 0 rings (SSSR count). The van der Waals surface area contributed by atoms with Crippen molar-refractivity contribution in [3.05, 3.63) is 22.6 Å². The van der Waals surface area contributed by atoms with Gasteiger partial charge in [0.25, 0.3) is 5.70 Å². The number of hydrogen-bond donors (Lipinski definition) is 0. The maximum Gasteiger partial charge on any atom is 0.272 e. The summed E-state index contributed by atoms with van der Waals surface area (Å²) in [4.78, 5) is 2.74. The first-order chi connectivity index (χ1) is 3.35. The Morgan fingerprint density at radius 1 is 2.00 bits per heavy atom. The molecule has 3 heteroatoms. The second kappa shape index (κ2) is 3.21. The van der Waals surface area contributed by atoms with Gasteiger partial charge >= 0.3 is 0 Å². The van der Waals surface area contributed by atoms with Gasteiger partial charge < -0.3 is 0 Å². The molecule has 0 aromatic heterocycles. The highest BCUT2D eigenvalue weighted by Crippen LogP contribution is 1.93. The summed E-state index contributed by atoms with van der Waals surface area (Å²) in [7, 11) is 0. The Balaban J connectivity index is 4.03. The Morgan fingerprint density at radius 2 is 2.57 bits per heavy atom. The third kappa shape index (κ3) is 1.81. The molecule has 2 nitrogen and oxygen atoms in total. The molecular formula is C4HClN2. The number of nitriles is 1. The summed E-state index contributed by atoms with van der Waals surface area (Å²) in [6, 6.07) is 1.58. The van der Waals surface area contributed by atoms with Gasteiger partial charge in [0, 0.05) is 5.54 Å². The molecular weight excluding hydrogens is 112 g/mol. The number of allylic oxidation sites excluding steroid dienone is 1. The van der Waals surface area contributed by atoms with E-state index in [1.165, 1.54) is 0 Å². The first-order valence-corrected chi connectivity index (χ1v) is 1.86. The third-order valence-electron chi connectivity index (χ3n) is 0.338. The van der Waals surface area contributed by atoms with Crippen LogP contribution < -0.4 is 0 Å². The fourth-order valence-corrected chi connectivity index (χ4v) is 0.171. The van der Waals surface area contributed by atoms with Crippen LogP contribution in [0.25, 0.3) is 4.85 Å². The molecule has 0 bridgehead atoms. The van der Waals surface area contributed by atoms with Gasteiger partial charge in [0.15, 0.2) is 0 Å². The fraction of sp³-hybridized carbons (Fsp3) is 0. The van der Waals surface area contributed by atoms with Crippen molar-refractivity contribution in [3.63, 3.8) is 0 Å². The average molecular weight is 113 g/mol. The molecule has 0 amide bonds. The number of nitrogens with zero attached hydrogens (tertiary/aromatic N) is 2. The molecule has 0 radical (unpaired) electrons. The third-order valence-corrected chi connectivity index (χ3v) is 0.545. The lowest BCUT2D eigenvalue weighted by molar-refractivity contribution is 1.50. The van der Waals surface area contributed by atoms with Crippen LogP contribution in [0.1, 0.15) is 0 Å². The summed E-state index contributed by atoms with van der Waals surface area (Å²) < 4.78 is 0. The maximum absolute atomic E-state index is 7.91. The van der Waals surface area contributed by atoms with Gasteiger partial charge in [-0.05, 0) is 0 Å². The summed E-state index contributed by atoms with van der Waals surface area (Å²) in [5.41, 5.74) is 0.870. The molecule has 0 aromatic carbocycles. The van der Waals surface area contributed by atoms with Gasteiger partial charge in [-0.3, -0.25) is 0 Å². The first kappa shape index (κ1) is 6.01. The largest absolute Gasteiger partial charge is 0.272 e. The summed E-state index contributed by atoms with van der Waals surface area (Å²) in [6.45, 7) is 6.21. The molecule has 0 aliphatic carbocycles. The van der Waals surface area contributed by atoms with Crippen molar-refractivity contribution in [1.82, 2.24) is 0 Å². The van der Waals surface area contributed by atoms with Gasteiger partial charge in [0.05, 0.1) is 12.6 Å².